The van der Waals surface area contributed by atoms with Gasteiger partial charge in [-0.05, 0) is 78.5 Å². The minimum Gasteiger partial charge on any atom is -0.396 e. The maximum Gasteiger partial charge on any atom is 0.123 e. The summed E-state index contributed by atoms with van der Waals surface area (Å²) in [5, 5.41) is 9.01. The third-order valence-corrected chi connectivity index (χ3v) is 4.86. The highest BCUT2D eigenvalue weighted by molar-refractivity contribution is 5.92. The standard InChI is InChI=1S/C22H25FO/c23-19-14-12-18(13-15-19)21-11-6-8-17-7-3-4-9-20(17)22(21)10-2-1-5-16-24/h3-4,7,9,12-15,24H,1-2,5-6,8,10-11,16H2. The van der Waals surface area contributed by atoms with E-state index in [0.29, 0.717) is 0 Å². The van der Waals surface area contributed by atoms with Crippen LogP contribution in [0.25, 0.3) is 11.1 Å². The van der Waals surface area contributed by atoms with Crippen molar-refractivity contribution in [1.82, 2.24) is 0 Å². The quantitative estimate of drug-likeness (QED) is 0.683. The van der Waals surface area contributed by atoms with Gasteiger partial charge in [-0.3, -0.25) is 0 Å². The van der Waals surface area contributed by atoms with E-state index in [2.05, 4.69) is 24.3 Å². The highest BCUT2D eigenvalue weighted by Crippen LogP contribution is 2.38. The number of halogens is 1. The molecule has 126 valence electrons. The van der Waals surface area contributed by atoms with Crippen molar-refractivity contribution in [2.75, 3.05) is 6.61 Å². The third kappa shape index (κ3) is 3.93. The van der Waals surface area contributed by atoms with Crippen LogP contribution in [0.5, 0.6) is 0 Å². The number of hydrogen-bond donors (Lipinski definition) is 1. The SMILES string of the molecule is OCCCCCC1=C(c2ccc(F)cc2)CCCc2ccccc21. The molecule has 24 heavy (non-hydrogen) atoms. The number of aliphatic hydroxyl groups excluding tert-OH is 1. The Kier molecular flexibility index (Phi) is 5.81. The molecule has 0 atom stereocenters. The maximum atomic E-state index is 13.3. The number of fused-ring (bicyclic) bond motifs is 1. The molecule has 0 amide bonds. The highest BCUT2D eigenvalue weighted by atomic mass is 19.1. The first-order chi connectivity index (χ1) is 11.8. The first-order valence-corrected chi connectivity index (χ1v) is 8.96. The van der Waals surface area contributed by atoms with Gasteiger partial charge in [-0.1, -0.05) is 42.8 Å². The summed E-state index contributed by atoms with van der Waals surface area (Å²) in [7, 11) is 0. The second-order valence-corrected chi connectivity index (χ2v) is 6.51. The molecule has 1 N–H and O–H groups in total. The smallest absolute Gasteiger partial charge is 0.123 e. The van der Waals surface area contributed by atoms with Crippen molar-refractivity contribution in [2.45, 2.75) is 44.9 Å². The lowest BCUT2D eigenvalue weighted by atomic mass is 9.89. The molecule has 0 radical (unpaired) electrons. The molecule has 0 bridgehead atoms. The van der Waals surface area contributed by atoms with Crippen LogP contribution in [-0.2, 0) is 6.42 Å². The lowest BCUT2D eigenvalue weighted by Crippen LogP contribution is -1.95. The maximum absolute atomic E-state index is 13.3. The van der Waals surface area contributed by atoms with Gasteiger partial charge in [0, 0.05) is 6.61 Å². The summed E-state index contributed by atoms with van der Waals surface area (Å²) in [4.78, 5) is 0. The normalized spacial score (nSPS) is 14.4. The molecule has 0 heterocycles. The second kappa shape index (κ2) is 8.25. The van der Waals surface area contributed by atoms with Crippen molar-refractivity contribution in [3.63, 3.8) is 0 Å². The molecule has 1 aliphatic carbocycles. The zero-order valence-electron chi connectivity index (χ0n) is 14.1. The number of benzene rings is 2. The molecule has 0 fully saturated rings. The summed E-state index contributed by atoms with van der Waals surface area (Å²) in [6.07, 6.45) is 7.26. The molecule has 1 nitrogen and oxygen atoms in total. The van der Waals surface area contributed by atoms with Crippen molar-refractivity contribution in [3.05, 3.63) is 71.0 Å². The van der Waals surface area contributed by atoms with Gasteiger partial charge >= 0.3 is 0 Å². The molecule has 0 aliphatic heterocycles. The molecule has 1 aliphatic rings. The van der Waals surface area contributed by atoms with E-state index in [-0.39, 0.29) is 12.4 Å². The van der Waals surface area contributed by atoms with Crippen molar-refractivity contribution >= 4 is 11.1 Å². The molecule has 3 rings (SSSR count). The van der Waals surface area contributed by atoms with E-state index in [1.54, 1.807) is 12.1 Å². The monoisotopic (exact) mass is 324 g/mol. The molecular weight excluding hydrogens is 299 g/mol. The van der Waals surface area contributed by atoms with Gasteiger partial charge < -0.3 is 5.11 Å². The molecule has 2 aromatic rings. The van der Waals surface area contributed by atoms with Gasteiger partial charge in [-0.15, -0.1) is 0 Å². The fourth-order valence-corrected chi connectivity index (χ4v) is 3.65. The summed E-state index contributed by atoms with van der Waals surface area (Å²) in [6.45, 7) is 0.264. The van der Waals surface area contributed by atoms with E-state index in [1.807, 2.05) is 12.1 Å². The Hall–Kier alpha value is -1.93. The molecular formula is C22H25FO. The minimum absolute atomic E-state index is 0.183. The van der Waals surface area contributed by atoms with Crippen LogP contribution in [0.4, 0.5) is 4.39 Å². The molecule has 0 spiro atoms. The first kappa shape index (κ1) is 16.9. The highest BCUT2D eigenvalue weighted by Gasteiger charge is 2.18. The van der Waals surface area contributed by atoms with Crippen molar-refractivity contribution in [1.29, 1.82) is 0 Å². The van der Waals surface area contributed by atoms with Gasteiger partial charge in [0.05, 0.1) is 0 Å². The predicted octanol–water partition coefficient (Wildman–Crippen LogP) is 5.63. The number of unbranched alkanes of at least 4 members (excludes halogenated alkanes) is 2. The van der Waals surface area contributed by atoms with Crippen LogP contribution in [0.2, 0.25) is 0 Å². The molecule has 2 aromatic carbocycles. The Morgan fingerprint density at radius 2 is 1.67 bits per heavy atom. The van der Waals surface area contributed by atoms with E-state index in [0.717, 1.165) is 50.5 Å². The van der Waals surface area contributed by atoms with E-state index < -0.39 is 0 Å². The van der Waals surface area contributed by atoms with E-state index in [9.17, 15) is 4.39 Å². The molecule has 2 heteroatoms. The fourth-order valence-electron chi connectivity index (χ4n) is 3.65. The zero-order chi connectivity index (χ0) is 16.8. The van der Waals surface area contributed by atoms with Gasteiger partial charge in [0.2, 0.25) is 0 Å². The van der Waals surface area contributed by atoms with Crippen LogP contribution in [0.1, 0.15) is 55.2 Å². The first-order valence-electron chi connectivity index (χ1n) is 8.96. The topological polar surface area (TPSA) is 20.2 Å². The Bertz CT molecular complexity index is 700. The minimum atomic E-state index is -0.183. The van der Waals surface area contributed by atoms with Crippen LogP contribution in [0.15, 0.2) is 48.5 Å². The molecule has 0 saturated carbocycles. The number of rotatable bonds is 6. The Morgan fingerprint density at radius 1 is 0.875 bits per heavy atom. The van der Waals surface area contributed by atoms with Gasteiger partial charge in [-0.2, -0.15) is 0 Å². The predicted molar refractivity (Wildman–Crippen MR) is 98.1 cm³/mol. The number of aliphatic hydroxyl groups is 1. The molecule has 0 aromatic heterocycles. The van der Waals surface area contributed by atoms with Crippen LogP contribution < -0.4 is 0 Å². The third-order valence-electron chi connectivity index (χ3n) is 4.86. The Morgan fingerprint density at radius 3 is 2.46 bits per heavy atom. The summed E-state index contributed by atoms with van der Waals surface area (Å²) < 4.78 is 13.3. The Balaban J connectivity index is 2.00. The van der Waals surface area contributed by atoms with Crippen molar-refractivity contribution in [2.24, 2.45) is 0 Å². The van der Waals surface area contributed by atoms with Crippen LogP contribution in [-0.4, -0.2) is 11.7 Å². The zero-order valence-corrected chi connectivity index (χ0v) is 14.1. The average Bonchev–Trinajstić information content (AvgIpc) is 2.79. The number of hydrogen-bond acceptors (Lipinski definition) is 1. The van der Waals surface area contributed by atoms with E-state index in [1.165, 1.54) is 22.3 Å². The van der Waals surface area contributed by atoms with Crippen LogP contribution in [0, 0.1) is 5.82 Å². The van der Waals surface area contributed by atoms with Crippen LogP contribution in [0.3, 0.4) is 0 Å². The average molecular weight is 324 g/mol. The molecule has 0 saturated heterocycles. The van der Waals surface area contributed by atoms with Gasteiger partial charge in [-0.25, -0.2) is 4.39 Å². The fraction of sp³-hybridized carbons (Fsp3) is 0.364. The summed E-state index contributed by atoms with van der Waals surface area (Å²) in [5.41, 5.74) is 6.70. The summed E-state index contributed by atoms with van der Waals surface area (Å²) >= 11 is 0. The van der Waals surface area contributed by atoms with Gasteiger partial charge in [0.15, 0.2) is 0 Å². The van der Waals surface area contributed by atoms with Crippen molar-refractivity contribution in [3.8, 4) is 0 Å². The van der Waals surface area contributed by atoms with E-state index >= 15 is 0 Å². The number of allylic oxidation sites excluding steroid dienone is 2. The van der Waals surface area contributed by atoms with Crippen LogP contribution >= 0.6 is 0 Å². The Labute approximate surface area is 143 Å². The van der Waals surface area contributed by atoms with E-state index in [4.69, 9.17) is 5.11 Å². The lowest BCUT2D eigenvalue weighted by molar-refractivity contribution is 0.283. The van der Waals surface area contributed by atoms with Gasteiger partial charge in [0.25, 0.3) is 0 Å². The summed E-state index contributed by atoms with van der Waals surface area (Å²) in [6, 6.07) is 15.6. The second-order valence-electron chi connectivity index (χ2n) is 6.51. The molecule has 0 unspecified atom stereocenters. The largest absolute Gasteiger partial charge is 0.396 e. The lowest BCUT2D eigenvalue weighted by Gasteiger charge is -2.16. The van der Waals surface area contributed by atoms with Gasteiger partial charge in [0.1, 0.15) is 5.82 Å². The summed E-state index contributed by atoms with van der Waals surface area (Å²) in [5.74, 6) is -0.183. The van der Waals surface area contributed by atoms with Crippen molar-refractivity contribution < 1.29 is 9.50 Å². The number of aryl methyl sites for hydroxylation is 1.